The standard InChI is InChI=1S/C44H56N4O15S4/c1-43(2)34-26-32(66(58,59)60)12-14-36(34)47(20-6-24-64(52,53)54)38(43)16-10-29-8-5-9-30(41(29)45-28-40(49)46-22-18-31(19-23-46)42(50)51)11-17-39-44(3,4)35-27-33(67(61,62)63)13-15-37(35)48(39)21-7-25-65(55,56)57/h10-17,26-27,31H,5-9,18-25,28H2,1-4H3,(H5,50,51,52,53,54,55,56,57,58,59,60,61,62,63)/p+1/b29-10+,38-16-. The number of benzene rings is 2. The molecule has 2 aromatic carbocycles. The SMILES string of the molecule is CC1(C)C(/C=C/C2=C(NCC(=O)N3CCC(C(=O)O)CC3)C(=C/C=C3\N(CCCS(=O)(=O)O)c4ccc(S(=O)(=O)O)cc4C3(C)C)/CCC2)=[N+](CCCS(=O)(=O)O)c2ccc(S(=O)(=O)O)cc21. The fourth-order valence-electron chi connectivity index (χ4n) is 9.42. The molecule has 3 heterocycles. The van der Waals surface area contributed by atoms with Crippen LogP contribution in [0.15, 0.2) is 93.0 Å². The zero-order valence-electron chi connectivity index (χ0n) is 37.5. The third-order valence-electron chi connectivity index (χ3n) is 12.9. The van der Waals surface area contributed by atoms with Crippen LogP contribution in [0.25, 0.3) is 0 Å². The molecule has 3 aliphatic heterocycles. The number of aliphatic carboxylic acids is 1. The molecule has 1 aliphatic carbocycles. The van der Waals surface area contributed by atoms with Crippen LogP contribution in [0.1, 0.15) is 83.8 Å². The monoisotopic (exact) mass is 1010 g/mol. The highest BCUT2D eigenvalue weighted by Gasteiger charge is 2.45. The second-order valence-corrected chi connectivity index (χ2v) is 24.2. The van der Waals surface area contributed by atoms with Crippen molar-refractivity contribution in [3.05, 3.63) is 94.4 Å². The van der Waals surface area contributed by atoms with Crippen LogP contribution in [-0.4, -0.2) is 128 Å². The predicted octanol–water partition coefficient (Wildman–Crippen LogP) is 4.63. The normalized spacial score (nSPS) is 20.3. The van der Waals surface area contributed by atoms with Gasteiger partial charge in [0.25, 0.3) is 40.5 Å². The van der Waals surface area contributed by atoms with Crippen LogP contribution >= 0.6 is 0 Å². The number of amides is 1. The van der Waals surface area contributed by atoms with Gasteiger partial charge < -0.3 is 20.2 Å². The summed E-state index contributed by atoms with van der Waals surface area (Å²) in [5.41, 5.74) is 3.84. The lowest BCUT2D eigenvalue weighted by atomic mass is 9.81. The molecule has 6 N–H and O–H groups in total. The van der Waals surface area contributed by atoms with E-state index in [0.29, 0.717) is 71.7 Å². The first kappa shape index (κ1) is 51.6. The van der Waals surface area contributed by atoms with Crippen LogP contribution in [0.5, 0.6) is 0 Å². The number of anilines is 1. The molecule has 1 saturated heterocycles. The Kier molecular flexibility index (Phi) is 14.9. The van der Waals surface area contributed by atoms with Gasteiger partial charge in [0.05, 0.1) is 39.2 Å². The molecule has 6 rings (SSSR count). The van der Waals surface area contributed by atoms with Crippen molar-refractivity contribution < 1.29 is 71.2 Å². The summed E-state index contributed by atoms with van der Waals surface area (Å²) in [5.74, 6) is -2.79. The van der Waals surface area contributed by atoms with Gasteiger partial charge in [0.2, 0.25) is 11.6 Å². The van der Waals surface area contributed by atoms with E-state index >= 15 is 0 Å². The summed E-state index contributed by atoms with van der Waals surface area (Å²) in [5, 5.41) is 12.9. The summed E-state index contributed by atoms with van der Waals surface area (Å²) in [6, 6.07) is 8.28. The Hall–Kier alpha value is -4.75. The predicted molar refractivity (Wildman–Crippen MR) is 249 cm³/mol. The van der Waals surface area contributed by atoms with Crippen LogP contribution < -0.4 is 10.2 Å². The van der Waals surface area contributed by atoms with E-state index in [1.165, 1.54) is 36.4 Å². The third kappa shape index (κ3) is 11.9. The quantitative estimate of drug-likeness (QED) is 0.0930. The summed E-state index contributed by atoms with van der Waals surface area (Å²) in [6.45, 7) is 8.00. The van der Waals surface area contributed by atoms with E-state index in [2.05, 4.69) is 5.32 Å². The fraction of sp³-hybridized carbons (Fsp3) is 0.477. The fourth-order valence-corrected chi connectivity index (χ4v) is 11.4. The average Bonchev–Trinajstić information content (AvgIpc) is 3.57. The van der Waals surface area contributed by atoms with Crippen LogP contribution in [0.3, 0.4) is 0 Å². The summed E-state index contributed by atoms with van der Waals surface area (Å²) in [6.07, 6.45) is 9.73. The molecular weight excluding hydrogens is 953 g/mol. The largest absolute Gasteiger partial charge is 0.481 e. The molecule has 19 nitrogen and oxygen atoms in total. The molecule has 0 aromatic heterocycles. The van der Waals surface area contributed by atoms with Crippen LogP contribution in [-0.2, 0) is 60.9 Å². The number of carbonyl (C=O) groups is 2. The Morgan fingerprint density at radius 2 is 1.37 bits per heavy atom. The zero-order valence-corrected chi connectivity index (χ0v) is 40.8. The number of likely N-dealkylation sites (tertiary alicyclic amines) is 1. The van der Waals surface area contributed by atoms with Crippen molar-refractivity contribution in [3.8, 4) is 0 Å². The summed E-state index contributed by atoms with van der Waals surface area (Å²) in [4.78, 5) is 28.1. The van der Waals surface area contributed by atoms with Crippen molar-refractivity contribution in [1.82, 2.24) is 10.2 Å². The highest BCUT2D eigenvalue weighted by molar-refractivity contribution is 7.86. The third-order valence-corrected chi connectivity index (χ3v) is 16.2. The summed E-state index contributed by atoms with van der Waals surface area (Å²) < 4.78 is 136. The molecule has 0 bridgehead atoms. The van der Waals surface area contributed by atoms with Gasteiger partial charge in [0.15, 0.2) is 5.71 Å². The number of carboxylic acid groups (broad SMARTS) is 1. The van der Waals surface area contributed by atoms with Gasteiger partial charge in [0.1, 0.15) is 6.54 Å². The zero-order chi connectivity index (χ0) is 49.5. The Morgan fingerprint density at radius 1 is 0.776 bits per heavy atom. The van der Waals surface area contributed by atoms with Gasteiger partial charge in [-0.1, -0.05) is 26.0 Å². The minimum atomic E-state index is -4.59. The first-order valence-electron chi connectivity index (χ1n) is 21.6. The van der Waals surface area contributed by atoms with Gasteiger partial charge in [-0.25, -0.2) is 0 Å². The van der Waals surface area contributed by atoms with E-state index in [4.69, 9.17) is 0 Å². The second-order valence-electron chi connectivity index (χ2n) is 18.2. The Morgan fingerprint density at radius 3 is 1.97 bits per heavy atom. The number of fused-ring (bicyclic) bond motifs is 2. The number of allylic oxidation sites excluding steroid dienone is 7. The lowest BCUT2D eigenvalue weighted by Crippen LogP contribution is -2.44. The lowest BCUT2D eigenvalue weighted by molar-refractivity contribution is -0.437. The van der Waals surface area contributed by atoms with Crippen LogP contribution in [0.2, 0.25) is 0 Å². The van der Waals surface area contributed by atoms with Crippen molar-refractivity contribution in [1.29, 1.82) is 0 Å². The number of rotatable bonds is 17. The number of piperidine rings is 1. The van der Waals surface area contributed by atoms with Crippen molar-refractivity contribution in [2.75, 3.05) is 49.1 Å². The van der Waals surface area contributed by atoms with E-state index in [1.54, 1.807) is 4.90 Å². The molecule has 1 fully saturated rings. The maximum atomic E-state index is 13.7. The number of carboxylic acids is 1. The van der Waals surface area contributed by atoms with E-state index in [9.17, 15) is 66.6 Å². The van der Waals surface area contributed by atoms with Crippen LogP contribution in [0.4, 0.5) is 11.4 Å². The number of carbonyl (C=O) groups excluding carboxylic acids is 1. The van der Waals surface area contributed by atoms with E-state index in [-0.39, 0.29) is 61.3 Å². The van der Waals surface area contributed by atoms with Gasteiger partial charge in [0, 0.05) is 66.3 Å². The van der Waals surface area contributed by atoms with Crippen molar-refractivity contribution in [2.45, 2.75) is 93.3 Å². The van der Waals surface area contributed by atoms with Gasteiger partial charge in [-0.15, -0.1) is 0 Å². The maximum Gasteiger partial charge on any atom is 0.306 e. The van der Waals surface area contributed by atoms with Crippen LogP contribution in [0, 0.1) is 5.92 Å². The average molecular weight is 1010 g/mol. The summed E-state index contributed by atoms with van der Waals surface area (Å²) >= 11 is 0. The van der Waals surface area contributed by atoms with Crippen molar-refractivity contribution >= 4 is 69.4 Å². The molecule has 2 aromatic rings. The Balaban J connectivity index is 1.45. The van der Waals surface area contributed by atoms with Gasteiger partial charge in [-0.2, -0.15) is 38.2 Å². The smallest absolute Gasteiger partial charge is 0.306 e. The molecule has 1 amide bonds. The van der Waals surface area contributed by atoms with Crippen molar-refractivity contribution in [3.63, 3.8) is 0 Å². The Bertz CT molecular complexity index is 2960. The molecule has 0 atom stereocenters. The molecule has 0 unspecified atom stereocenters. The van der Waals surface area contributed by atoms with Gasteiger partial charge >= 0.3 is 5.97 Å². The second kappa shape index (κ2) is 19.3. The topological polar surface area (TPSA) is 293 Å². The molecule has 0 saturated carbocycles. The highest BCUT2D eigenvalue weighted by atomic mass is 32.2. The first-order chi connectivity index (χ1) is 31.0. The van der Waals surface area contributed by atoms with Crippen molar-refractivity contribution in [2.24, 2.45) is 5.92 Å². The number of nitrogens with zero attached hydrogens (tertiary/aromatic N) is 3. The highest BCUT2D eigenvalue weighted by Crippen LogP contribution is 2.49. The van der Waals surface area contributed by atoms with Gasteiger partial charge in [-0.05, 0) is 105 Å². The molecule has 4 aliphatic rings. The molecule has 366 valence electrons. The van der Waals surface area contributed by atoms with E-state index < -0.39 is 74.7 Å². The molecule has 0 spiro atoms. The number of hydrogen-bond acceptors (Lipinski definition) is 12. The Labute approximate surface area is 391 Å². The summed E-state index contributed by atoms with van der Waals surface area (Å²) in [7, 11) is -17.8. The van der Waals surface area contributed by atoms with E-state index in [0.717, 1.165) is 11.1 Å². The minimum Gasteiger partial charge on any atom is -0.481 e. The number of nitrogens with one attached hydrogen (secondary N) is 1. The van der Waals surface area contributed by atoms with E-state index in [1.807, 2.05) is 61.5 Å². The molecule has 0 radical (unpaired) electrons. The lowest BCUT2D eigenvalue weighted by Gasteiger charge is -2.31. The van der Waals surface area contributed by atoms with Gasteiger partial charge in [-0.3, -0.25) is 27.8 Å². The first-order valence-corrected chi connectivity index (χ1v) is 27.7. The molecule has 23 heteroatoms. The maximum absolute atomic E-state index is 13.7. The minimum absolute atomic E-state index is 0.0127. The molecular formula is C44H57N4O15S4+. The number of hydrogen-bond donors (Lipinski definition) is 6. The molecule has 67 heavy (non-hydrogen) atoms.